The van der Waals surface area contributed by atoms with Crippen LogP contribution in [0.25, 0.3) is 20.9 Å². The van der Waals surface area contributed by atoms with Gasteiger partial charge < -0.3 is 15.4 Å². The molecular formula is C16H20N6O3S3. The van der Waals surface area contributed by atoms with Gasteiger partial charge in [0.25, 0.3) is 0 Å². The van der Waals surface area contributed by atoms with Crippen molar-refractivity contribution in [2.24, 2.45) is 0 Å². The average molecular weight is 441 g/mol. The molecule has 0 radical (unpaired) electrons. The predicted octanol–water partition coefficient (Wildman–Crippen LogP) is 1.49. The van der Waals surface area contributed by atoms with Crippen molar-refractivity contribution in [3.8, 4) is 10.7 Å². The lowest BCUT2D eigenvalue weighted by Gasteiger charge is -2.35. The third kappa shape index (κ3) is 3.96. The highest BCUT2D eigenvalue weighted by Gasteiger charge is 2.27. The number of nitrogens with two attached hydrogens (primary N) is 1. The largest absolute Gasteiger partial charge is 0.375 e. The quantitative estimate of drug-likeness (QED) is 0.635. The second-order valence-electron chi connectivity index (χ2n) is 6.55. The molecule has 0 amide bonds. The van der Waals surface area contributed by atoms with Gasteiger partial charge in [0.15, 0.2) is 16.8 Å². The highest BCUT2D eigenvalue weighted by molar-refractivity contribution is 7.88. The first-order valence-electron chi connectivity index (χ1n) is 8.56. The lowest BCUT2D eigenvalue weighted by atomic mass is 10.2. The lowest BCUT2D eigenvalue weighted by molar-refractivity contribution is 0.0318. The molecule has 1 atom stereocenters. The summed E-state index contributed by atoms with van der Waals surface area (Å²) in [6.45, 7) is 2.02. The van der Waals surface area contributed by atoms with E-state index in [9.17, 15) is 8.42 Å². The number of rotatable bonds is 5. The fourth-order valence-corrected chi connectivity index (χ4v) is 4.91. The number of hydrogen-bond donors (Lipinski definition) is 1. The van der Waals surface area contributed by atoms with E-state index in [0.29, 0.717) is 37.2 Å². The number of thiazole rings is 1. The highest BCUT2D eigenvalue weighted by atomic mass is 32.2. The number of nitrogen functional groups attached to an aromatic ring is 1. The molecule has 3 aromatic rings. The average Bonchev–Trinajstić information content (AvgIpc) is 3.29. The van der Waals surface area contributed by atoms with E-state index in [1.807, 2.05) is 11.4 Å². The van der Waals surface area contributed by atoms with Crippen molar-refractivity contribution in [2.45, 2.75) is 6.10 Å². The van der Waals surface area contributed by atoms with Crippen molar-refractivity contribution in [3.63, 3.8) is 0 Å². The SMILES string of the molecule is CN(CC1CN(c2nc(-c3cnc(N)s3)nc3ccsc23)CCO1)S(C)(=O)=O. The van der Waals surface area contributed by atoms with E-state index in [4.69, 9.17) is 15.5 Å². The minimum atomic E-state index is -3.26. The van der Waals surface area contributed by atoms with Crippen LogP contribution in [-0.4, -0.2) is 73.3 Å². The number of aromatic nitrogens is 3. The van der Waals surface area contributed by atoms with Crippen LogP contribution in [-0.2, 0) is 14.8 Å². The summed E-state index contributed by atoms with van der Waals surface area (Å²) in [5, 5.41) is 2.46. The Hall–Kier alpha value is -1.86. The molecule has 1 aliphatic heterocycles. The Balaban J connectivity index is 1.65. The molecule has 0 aromatic carbocycles. The fourth-order valence-electron chi connectivity index (χ4n) is 3.01. The molecule has 1 saturated heterocycles. The first kappa shape index (κ1) is 19.5. The zero-order chi connectivity index (χ0) is 19.9. The highest BCUT2D eigenvalue weighted by Crippen LogP contribution is 2.34. The molecule has 28 heavy (non-hydrogen) atoms. The van der Waals surface area contributed by atoms with E-state index in [0.717, 1.165) is 20.9 Å². The van der Waals surface area contributed by atoms with Crippen LogP contribution < -0.4 is 10.6 Å². The van der Waals surface area contributed by atoms with E-state index >= 15 is 0 Å². The van der Waals surface area contributed by atoms with Crippen LogP contribution in [0.15, 0.2) is 17.6 Å². The molecule has 0 aliphatic carbocycles. The molecule has 9 nitrogen and oxygen atoms in total. The van der Waals surface area contributed by atoms with Crippen LogP contribution in [0.1, 0.15) is 0 Å². The van der Waals surface area contributed by atoms with Gasteiger partial charge in [-0.15, -0.1) is 11.3 Å². The number of ether oxygens (including phenoxy) is 1. The zero-order valence-electron chi connectivity index (χ0n) is 15.4. The van der Waals surface area contributed by atoms with Gasteiger partial charge in [-0.3, -0.25) is 0 Å². The van der Waals surface area contributed by atoms with Crippen LogP contribution in [0.2, 0.25) is 0 Å². The Kier molecular flexibility index (Phi) is 5.22. The summed E-state index contributed by atoms with van der Waals surface area (Å²) in [4.78, 5) is 16.5. The van der Waals surface area contributed by atoms with Crippen molar-refractivity contribution in [1.82, 2.24) is 19.3 Å². The van der Waals surface area contributed by atoms with E-state index in [2.05, 4.69) is 14.9 Å². The van der Waals surface area contributed by atoms with Crippen molar-refractivity contribution in [1.29, 1.82) is 0 Å². The van der Waals surface area contributed by atoms with Crippen LogP contribution in [0.3, 0.4) is 0 Å². The molecule has 0 saturated carbocycles. The third-order valence-electron chi connectivity index (χ3n) is 4.49. The summed E-state index contributed by atoms with van der Waals surface area (Å²) in [5.41, 5.74) is 6.63. The van der Waals surface area contributed by atoms with Gasteiger partial charge >= 0.3 is 0 Å². The van der Waals surface area contributed by atoms with Gasteiger partial charge in [0.05, 0.1) is 40.3 Å². The van der Waals surface area contributed by atoms with Crippen LogP contribution in [0, 0.1) is 0 Å². The van der Waals surface area contributed by atoms with Crippen molar-refractivity contribution in [2.75, 3.05) is 50.2 Å². The van der Waals surface area contributed by atoms with Crippen LogP contribution in [0.4, 0.5) is 10.9 Å². The molecule has 3 aromatic heterocycles. The van der Waals surface area contributed by atoms with Crippen molar-refractivity contribution < 1.29 is 13.2 Å². The summed E-state index contributed by atoms with van der Waals surface area (Å²) in [7, 11) is -1.70. The van der Waals surface area contributed by atoms with Gasteiger partial charge in [0.2, 0.25) is 10.0 Å². The summed E-state index contributed by atoms with van der Waals surface area (Å²) in [5.74, 6) is 1.42. The monoisotopic (exact) mass is 440 g/mol. The Morgan fingerprint density at radius 2 is 2.25 bits per heavy atom. The molecule has 2 N–H and O–H groups in total. The van der Waals surface area contributed by atoms with Gasteiger partial charge in [0.1, 0.15) is 0 Å². The van der Waals surface area contributed by atoms with E-state index in [-0.39, 0.29) is 6.10 Å². The summed E-state index contributed by atoms with van der Waals surface area (Å²) < 4.78 is 31.6. The smallest absolute Gasteiger partial charge is 0.211 e. The fraction of sp³-hybridized carbons (Fsp3) is 0.438. The van der Waals surface area contributed by atoms with Gasteiger partial charge in [-0.1, -0.05) is 11.3 Å². The number of likely N-dealkylation sites (N-methyl/N-ethyl adjacent to an activating group) is 1. The summed E-state index contributed by atoms with van der Waals surface area (Å²) in [6, 6.07) is 1.97. The minimum Gasteiger partial charge on any atom is -0.375 e. The molecule has 0 bridgehead atoms. The molecule has 1 unspecified atom stereocenters. The second-order valence-corrected chi connectivity index (χ2v) is 10.6. The van der Waals surface area contributed by atoms with Crippen molar-refractivity contribution in [3.05, 3.63) is 17.6 Å². The minimum absolute atomic E-state index is 0.235. The van der Waals surface area contributed by atoms with E-state index in [1.165, 1.54) is 21.9 Å². The number of sulfonamides is 1. The van der Waals surface area contributed by atoms with Gasteiger partial charge in [-0.2, -0.15) is 0 Å². The first-order valence-corrected chi connectivity index (χ1v) is 12.1. The van der Waals surface area contributed by atoms with Gasteiger partial charge in [-0.25, -0.2) is 27.7 Å². The molecule has 4 rings (SSSR count). The Morgan fingerprint density at radius 1 is 1.43 bits per heavy atom. The maximum atomic E-state index is 11.7. The van der Waals surface area contributed by atoms with E-state index in [1.54, 1.807) is 24.6 Å². The molecule has 12 heteroatoms. The number of thiophene rings is 1. The Labute approximate surface area is 170 Å². The molecule has 1 fully saturated rings. The summed E-state index contributed by atoms with van der Waals surface area (Å²) >= 11 is 2.93. The van der Waals surface area contributed by atoms with Crippen LogP contribution >= 0.6 is 22.7 Å². The standard InChI is InChI=1S/C16H20N6O3S3/c1-21(28(2,23)24)8-10-9-22(4-5-25-10)15-13-11(3-6-26-13)19-14(20-15)12-7-18-16(17)27-12/h3,6-7,10H,4-5,8-9H2,1-2H3,(H2,17,18). The first-order chi connectivity index (χ1) is 13.3. The Morgan fingerprint density at radius 3 is 2.96 bits per heavy atom. The molecule has 0 spiro atoms. The molecule has 4 heterocycles. The maximum Gasteiger partial charge on any atom is 0.211 e. The number of nitrogens with zero attached hydrogens (tertiary/aromatic N) is 5. The molecule has 1 aliphatic rings. The molecular weight excluding hydrogens is 420 g/mol. The van der Waals surface area contributed by atoms with Crippen molar-refractivity contribution >= 4 is 53.9 Å². The third-order valence-corrected chi connectivity index (χ3v) is 7.50. The van der Waals surface area contributed by atoms with Crippen LogP contribution in [0.5, 0.6) is 0 Å². The maximum absolute atomic E-state index is 11.7. The van der Waals surface area contributed by atoms with Gasteiger partial charge in [-0.05, 0) is 11.4 Å². The zero-order valence-corrected chi connectivity index (χ0v) is 17.9. The number of fused-ring (bicyclic) bond motifs is 1. The molecule has 150 valence electrons. The normalized spacial score (nSPS) is 18.2. The lowest BCUT2D eigenvalue weighted by Crippen LogP contribution is -2.48. The van der Waals surface area contributed by atoms with E-state index < -0.39 is 10.0 Å². The second kappa shape index (κ2) is 7.52. The predicted molar refractivity (Wildman–Crippen MR) is 112 cm³/mol. The Bertz CT molecular complexity index is 1100. The number of anilines is 2. The van der Waals surface area contributed by atoms with Gasteiger partial charge in [0, 0.05) is 26.7 Å². The number of hydrogen-bond acceptors (Lipinski definition) is 10. The summed E-state index contributed by atoms with van der Waals surface area (Å²) in [6.07, 6.45) is 2.64. The number of morpholine rings is 1. The topological polar surface area (TPSA) is 115 Å².